The smallest absolute Gasteiger partial charge is 0.251 e. The van der Waals surface area contributed by atoms with Gasteiger partial charge in [0.05, 0.1) is 26.8 Å². The molecule has 45 heavy (non-hydrogen) atoms. The second-order valence-corrected chi connectivity index (χ2v) is 10.4. The van der Waals surface area contributed by atoms with Crippen LogP contribution in [0, 0.1) is 0 Å². The Labute approximate surface area is 261 Å². The van der Waals surface area contributed by atoms with E-state index in [1.165, 1.54) is 30.9 Å². The van der Waals surface area contributed by atoms with Crippen LogP contribution in [0.4, 0.5) is 11.4 Å². The molecular formula is C33H35N7O5. The largest absolute Gasteiger partial charge is 0.493 e. The van der Waals surface area contributed by atoms with Crippen LogP contribution in [0.15, 0.2) is 85.2 Å². The molecule has 0 aliphatic carbocycles. The van der Waals surface area contributed by atoms with Gasteiger partial charge in [0, 0.05) is 44.4 Å². The minimum absolute atomic E-state index is 0.0770. The number of benzene rings is 3. The van der Waals surface area contributed by atoms with Crippen molar-refractivity contribution in [3.8, 4) is 17.2 Å². The molecule has 5 rings (SSSR count). The number of hydrogen-bond acceptors (Lipinski definition) is 9. The molecule has 1 N–H and O–H groups in total. The number of hydrogen-bond donors (Lipinski definition) is 1. The molecule has 232 valence electrons. The summed E-state index contributed by atoms with van der Waals surface area (Å²) in [6, 6.07) is 20.7. The Morgan fingerprint density at radius 2 is 1.62 bits per heavy atom. The highest BCUT2D eigenvalue weighted by Crippen LogP contribution is 2.41. The molecule has 12 nitrogen and oxygen atoms in total. The number of para-hydroxylation sites is 1. The van der Waals surface area contributed by atoms with Crippen LogP contribution < -0.4 is 24.4 Å². The van der Waals surface area contributed by atoms with E-state index >= 15 is 0 Å². The van der Waals surface area contributed by atoms with Gasteiger partial charge in [-0.1, -0.05) is 23.4 Å². The number of nitrogens with zero attached hydrogens (tertiary/aromatic N) is 6. The second kappa shape index (κ2) is 13.8. The first-order valence-electron chi connectivity index (χ1n) is 14.2. The lowest BCUT2D eigenvalue weighted by Crippen LogP contribution is -2.42. The molecule has 1 unspecified atom stereocenters. The number of fused-ring (bicyclic) bond motifs is 1. The Morgan fingerprint density at radius 3 is 2.24 bits per heavy atom. The SMILES string of the molecule is COc1cc(C(C(=O)Nc2ccc(N(C)C)cc2)N(Cc2cccnc2)C(=O)Cn2nnc3ccccc32)cc(OC)c1OC. The summed E-state index contributed by atoms with van der Waals surface area (Å²) in [6.07, 6.45) is 3.31. The van der Waals surface area contributed by atoms with Crippen molar-refractivity contribution in [2.24, 2.45) is 0 Å². The highest BCUT2D eigenvalue weighted by Gasteiger charge is 2.34. The molecule has 2 amide bonds. The van der Waals surface area contributed by atoms with Crippen LogP contribution in [0.3, 0.4) is 0 Å². The molecule has 0 bridgehead atoms. The molecule has 0 radical (unpaired) electrons. The molecule has 0 aliphatic heterocycles. The zero-order chi connectivity index (χ0) is 31.9. The fraction of sp³-hybridized carbons (Fsp3) is 0.242. The molecule has 2 heterocycles. The lowest BCUT2D eigenvalue weighted by atomic mass is 10.0. The second-order valence-electron chi connectivity index (χ2n) is 10.4. The summed E-state index contributed by atoms with van der Waals surface area (Å²) in [4.78, 5) is 36.4. The topological polar surface area (TPSA) is 124 Å². The summed E-state index contributed by atoms with van der Waals surface area (Å²) in [6.45, 7) is -0.0832. The van der Waals surface area contributed by atoms with E-state index in [1.807, 2.05) is 73.6 Å². The van der Waals surface area contributed by atoms with Crippen molar-refractivity contribution in [1.82, 2.24) is 24.9 Å². The van der Waals surface area contributed by atoms with E-state index in [4.69, 9.17) is 14.2 Å². The van der Waals surface area contributed by atoms with Crippen LogP contribution in [-0.4, -0.2) is 72.1 Å². The van der Waals surface area contributed by atoms with E-state index in [9.17, 15) is 9.59 Å². The molecular weight excluding hydrogens is 574 g/mol. The first kappa shape index (κ1) is 30.8. The average molecular weight is 610 g/mol. The van der Waals surface area contributed by atoms with Crippen molar-refractivity contribution in [2.75, 3.05) is 45.6 Å². The van der Waals surface area contributed by atoms with Gasteiger partial charge in [0.2, 0.25) is 11.7 Å². The number of methoxy groups -OCH3 is 3. The fourth-order valence-corrected chi connectivity index (χ4v) is 5.05. The predicted molar refractivity (Wildman–Crippen MR) is 171 cm³/mol. The van der Waals surface area contributed by atoms with Gasteiger partial charge in [-0.05, 0) is 65.7 Å². The van der Waals surface area contributed by atoms with Gasteiger partial charge in [-0.15, -0.1) is 5.10 Å². The first-order valence-corrected chi connectivity index (χ1v) is 14.2. The number of carbonyl (C=O) groups excluding carboxylic acids is 2. The summed E-state index contributed by atoms with van der Waals surface area (Å²) in [5.41, 5.74) is 4.08. The summed E-state index contributed by atoms with van der Waals surface area (Å²) >= 11 is 0. The molecule has 0 fully saturated rings. The van der Waals surface area contributed by atoms with E-state index in [-0.39, 0.29) is 19.0 Å². The Morgan fingerprint density at radius 1 is 0.911 bits per heavy atom. The molecule has 0 saturated heterocycles. The number of rotatable bonds is 12. The third kappa shape index (κ3) is 6.80. The van der Waals surface area contributed by atoms with Gasteiger partial charge in [0.15, 0.2) is 11.5 Å². The standard InChI is InChI=1S/C33H35N7O5/c1-38(2)25-14-12-24(13-15-25)35-33(42)31(23-17-28(43-3)32(45-5)29(18-23)44-4)39(20-22-9-8-16-34-19-22)30(41)21-40-27-11-7-6-10-26(27)36-37-40/h6-19,31H,20-21H2,1-5H3,(H,35,42). The molecule has 0 aliphatic rings. The van der Waals surface area contributed by atoms with E-state index in [0.29, 0.717) is 39.5 Å². The van der Waals surface area contributed by atoms with Crippen molar-refractivity contribution in [1.29, 1.82) is 0 Å². The quantitative estimate of drug-likeness (QED) is 0.220. The number of carbonyl (C=O) groups is 2. The van der Waals surface area contributed by atoms with Crippen LogP contribution in [0.2, 0.25) is 0 Å². The van der Waals surface area contributed by atoms with Gasteiger partial charge < -0.3 is 29.3 Å². The van der Waals surface area contributed by atoms with Crippen molar-refractivity contribution in [3.05, 3.63) is 96.3 Å². The van der Waals surface area contributed by atoms with E-state index in [2.05, 4.69) is 20.6 Å². The van der Waals surface area contributed by atoms with Gasteiger partial charge in [-0.3, -0.25) is 14.6 Å². The third-order valence-corrected chi connectivity index (χ3v) is 7.32. The maximum absolute atomic E-state index is 14.4. The highest BCUT2D eigenvalue weighted by molar-refractivity contribution is 5.98. The van der Waals surface area contributed by atoms with E-state index in [1.54, 1.807) is 30.6 Å². The van der Waals surface area contributed by atoms with Crippen LogP contribution in [0.1, 0.15) is 17.2 Å². The fourth-order valence-electron chi connectivity index (χ4n) is 5.05. The number of pyridine rings is 1. The highest BCUT2D eigenvalue weighted by atomic mass is 16.5. The van der Waals surface area contributed by atoms with Crippen molar-refractivity contribution in [2.45, 2.75) is 19.1 Å². The molecule has 12 heteroatoms. The minimum atomic E-state index is -1.13. The Balaban J connectivity index is 1.62. The van der Waals surface area contributed by atoms with Gasteiger partial charge >= 0.3 is 0 Å². The van der Waals surface area contributed by atoms with Gasteiger partial charge in [0.1, 0.15) is 18.1 Å². The molecule has 3 aromatic carbocycles. The Kier molecular flexibility index (Phi) is 9.42. The summed E-state index contributed by atoms with van der Waals surface area (Å²) < 4.78 is 18.3. The zero-order valence-electron chi connectivity index (χ0n) is 25.8. The van der Waals surface area contributed by atoms with Crippen molar-refractivity contribution < 1.29 is 23.8 Å². The lowest BCUT2D eigenvalue weighted by molar-refractivity contribution is -0.140. The van der Waals surface area contributed by atoms with Crippen molar-refractivity contribution >= 4 is 34.2 Å². The molecule has 2 aromatic heterocycles. The van der Waals surface area contributed by atoms with Crippen LogP contribution in [-0.2, 0) is 22.7 Å². The van der Waals surface area contributed by atoms with Crippen molar-refractivity contribution in [3.63, 3.8) is 0 Å². The summed E-state index contributed by atoms with van der Waals surface area (Å²) in [7, 11) is 8.37. The van der Waals surface area contributed by atoms with Crippen LogP contribution >= 0.6 is 0 Å². The number of ether oxygens (including phenoxy) is 3. The molecule has 0 saturated carbocycles. The number of aromatic nitrogens is 4. The summed E-state index contributed by atoms with van der Waals surface area (Å²) in [5.74, 6) is 0.238. The number of nitrogens with one attached hydrogen (secondary N) is 1. The van der Waals surface area contributed by atoms with Gasteiger partial charge in [0.25, 0.3) is 5.91 Å². The lowest BCUT2D eigenvalue weighted by Gasteiger charge is -2.32. The monoisotopic (exact) mass is 609 g/mol. The minimum Gasteiger partial charge on any atom is -0.493 e. The predicted octanol–water partition coefficient (Wildman–Crippen LogP) is 4.33. The molecule has 0 spiro atoms. The van der Waals surface area contributed by atoms with Crippen LogP contribution in [0.25, 0.3) is 11.0 Å². The maximum atomic E-state index is 14.4. The first-order chi connectivity index (χ1) is 21.8. The zero-order valence-corrected chi connectivity index (χ0v) is 25.8. The number of amides is 2. The van der Waals surface area contributed by atoms with Gasteiger partial charge in [-0.25, -0.2) is 4.68 Å². The Hall–Kier alpha value is -5.65. The maximum Gasteiger partial charge on any atom is 0.251 e. The normalized spacial score (nSPS) is 11.5. The van der Waals surface area contributed by atoms with Gasteiger partial charge in [-0.2, -0.15) is 0 Å². The van der Waals surface area contributed by atoms with E-state index < -0.39 is 11.9 Å². The number of anilines is 2. The van der Waals surface area contributed by atoms with Crippen LogP contribution in [0.5, 0.6) is 17.2 Å². The molecule has 5 aromatic rings. The Bertz CT molecular complexity index is 1750. The summed E-state index contributed by atoms with van der Waals surface area (Å²) in [5, 5.41) is 11.4. The average Bonchev–Trinajstić information content (AvgIpc) is 3.47. The molecule has 1 atom stereocenters. The van der Waals surface area contributed by atoms with E-state index in [0.717, 1.165) is 11.3 Å². The third-order valence-electron chi connectivity index (χ3n) is 7.32.